The van der Waals surface area contributed by atoms with Gasteiger partial charge in [-0.2, -0.15) is 9.48 Å². The smallest absolute Gasteiger partial charge is 0.460 e. The Labute approximate surface area is 253 Å². The summed E-state index contributed by atoms with van der Waals surface area (Å²) < 4.78 is 52.3. The van der Waals surface area contributed by atoms with E-state index < -0.39 is 61.4 Å². The fraction of sp³-hybridized carbons (Fsp3) is 0.433. The van der Waals surface area contributed by atoms with Gasteiger partial charge in [-0.25, -0.2) is 9.36 Å². The van der Waals surface area contributed by atoms with Crippen molar-refractivity contribution in [3.63, 3.8) is 0 Å². The van der Waals surface area contributed by atoms with Crippen LogP contribution in [0, 0.1) is 11.7 Å². The molecule has 1 aromatic heterocycles. The van der Waals surface area contributed by atoms with E-state index in [0.717, 1.165) is 22.8 Å². The second-order valence-corrected chi connectivity index (χ2v) is 12.2. The van der Waals surface area contributed by atoms with E-state index in [1.165, 1.54) is 13.0 Å². The molecule has 3 N–H and O–H groups in total. The number of aromatic nitrogens is 2. The number of carbonyl (C=O) groups excluding carboxylic acids is 1. The van der Waals surface area contributed by atoms with Crippen LogP contribution in [-0.4, -0.2) is 51.6 Å². The molecule has 2 aromatic carbocycles. The molecule has 0 spiro atoms. The summed E-state index contributed by atoms with van der Waals surface area (Å²) in [4.78, 5) is 38.5. The van der Waals surface area contributed by atoms with Gasteiger partial charge in [-0.1, -0.05) is 69.2 Å². The molecule has 0 amide bonds. The maximum atomic E-state index is 14.4. The zero-order chi connectivity index (χ0) is 32.0. The number of nitrogens with one attached hydrogen (secondary N) is 2. The average Bonchev–Trinajstić information content (AvgIpc) is 3.39. The van der Waals surface area contributed by atoms with Crippen molar-refractivity contribution in [2.75, 3.05) is 6.61 Å². The van der Waals surface area contributed by atoms with E-state index in [1.807, 2.05) is 37.0 Å². The molecule has 4 rings (SSSR count). The molecule has 0 radical (unpaired) electrons. The Morgan fingerprint density at radius 2 is 1.95 bits per heavy atom. The summed E-state index contributed by atoms with van der Waals surface area (Å²) >= 11 is 0. The summed E-state index contributed by atoms with van der Waals surface area (Å²) in [6, 6.07) is 11.2. The number of aliphatic hydroxyl groups is 1. The fourth-order valence-electron chi connectivity index (χ4n) is 4.84. The van der Waals surface area contributed by atoms with Crippen LogP contribution in [0.1, 0.15) is 46.3 Å². The number of rotatable bonds is 14. The third-order valence-electron chi connectivity index (χ3n) is 7.48. The topological polar surface area (TPSA) is 158 Å². The molecule has 0 saturated carbocycles. The standard InChI is InChI=1S/C30H37FN3O9P/c1-5-19(6-2)17-40-29(37)18(4)33-44(39,43-25-14-10-12-20-11-8-9-13-21(20)25)42-24(7-3)27-23(35)15-26(41-27)34-16-22(31)28(36)32-30(34)38/h7-14,16,18-19,23-24,26-27,35H,3,5-6,15,17H2,1-2,4H3,(H,33,39)(H,32,36,38)/t18-,23-,24+,26+,27-,44-/m0/s1. The Kier molecular flexibility index (Phi) is 10.9. The summed E-state index contributed by atoms with van der Waals surface area (Å²) in [6.07, 6.45) is -1.68. The third kappa shape index (κ3) is 7.72. The van der Waals surface area contributed by atoms with Crippen LogP contribution in [0.4, 0.5) is 4.39 Å². The SMILES string of the molecule is C=C[C@@H](O[P@@](=O)(N[C@@H](C)C(=O)OCC(CC)CC)Oc1cccc2ccccc12)[C@H]1O[C@@H](n2cc(F)c(=O)[nH]c2=O)C[C@@H]1O. The Morgan fingerprint density at radius 1 is 1.25 bits per heavy atom. The van der Waals surface area contributed by atoms with E-state index in [4.69, 9.17) is 18.5 Å². The number of fused-ring (bicyclic) bond motifs is 1. The van der Waals surface area contributed by atoms with E-state index >= 15 is 0 Å². The lowest BCUT2D eigenvalue weighted by Crippen LogP contribution is -2.40. The number of ether oxygens (including phenoxy) is 2. The van der Waals surface area contributed by atoms with Gasteiger partial charge in [0.2, 0.25) is 5.82 Å². The Bertz CT molecular complexity index is 1630. The van der Waals surface area contributed by atoms with Crippen LogP contribution in [0.15, 0.2) is 70.9 Å². The molecular weight excluding hydrogens is 596 g/mol. The van der Waals surface area contributed by atoms with Crippen LogP contribution in [0.25, 0.3) is 10.8 Å². The molecule has 1 fully saturated rings. The van der Waals surface area contributed by atoms with Crippen LogP contribution in [-0.2, 0) is 23.4 Å². The fourth-order valence-corrected chi connectivity index (χ4v) is 6.52. The molecule has 1 aliphatic heterocycles. The number of carbonyl (C=O) groups is 1. The van der Waals surface area contributed by atoms with Gasteiger partial charge in [0.25, 0.3) is 5.56 Å². The lowest BCUT2D eigenvalue weighted by Gasteiger charge is -2.29. The maximum absolute atomic E-state index is 14.4. The zero-order valence-electron chi connectivity index (χ0n) is 24.7. The first-order valence-electron chi connectivity index (χ1n) is 14.4. The highest BCUT2D eigenvalue weighted by Gasteiger charge is 2.44. The number of aliphatic hydroxyl groups excluding tert-OH is 1. The van der Waals surface area contributed by atoms with Crippen molar-refractivity contribution in [2.45, 2.75) is 70.6 Å². The van der Waals surface area contributed by atoms with Gasteiger partial charge in [0.15, 0.2) is 0 Å². The summed E-state index contributed by atoms with van der Waals surface area (Å²) in [5.74, 6) is -1.52. The quantitative estimate of drug-likeness (QED) is 0.134. The molecule has 3 aromatic rings. The number of H-pyrrole nitrogens is 1. The Morgan fingerprint density at radius 3 is 2.66 bits per heavy atom. The molecule has 2 heterocycles. The van der Waals surface area contributed by atoms with E-state index in [2.05, 4.69) is 11.7 Å². The molecule has 14 heteroatoms. The number of hydrogen-bond acceptors (Lipinski definition) is 9. The number of aromatic amines is 1. The first-order chi connectivity index (χ1) is 21.0. The normalized spacial score (nSPS) is 21.1. The van der Waals surface area contributed by atoms with Crippen molar-refractivity contribution in [2.24, 2.45) is 5.92 Å². The second kappa shape index (κ2) is 14.4. The molecule has 0 unspecified atom stereocenters. The van der Waals surface area contributed by atoms with Crippen LogP contribution >= 0.6 is 7.75 Å². The molecule has 12 nitrogen and oxygen atoms in total. The molecule has 0 aliphatic carbocycles. The molecule has 0 bridgehead atoms. The molecule has 1 aliphatic rings. The predicted octanol–water partition coefficient (Wildman–Crippen LogP) is 4.19. The first-order valence-corrected chi connectivity index (χ1v) is 15.9. The van der Waals surface area contributed by atoms with Gasteiger partial charge in [-0.15, -0.1) is 6.58 Å². The van der Waals surface area contributed by atoms with Gasteiger partial charge in [0.05, 0.1) is 18.9 Å². The highest BCUT2D eigenvalue weighted by molar-refractivity contribution is 7.52. The highest BCUT2D eigenvalue weighted by atomic mass is 31.2. The number of hydrogen-bond donors (Lipinski definition) is 3. The molecule has 44 heavy (non-hydrogen) atoms. The number of benzene rings is 2. The lowest BCUT2D eigenvalue weighted by molar-refractivity contribution is -0.146. The Hall–Kier alpha value is -3.61. The third-order valence-corrected chi connectivity index (χ3v) is 9.14. The van der Waals surface area contributed by atoms with Crippen LogP contribution in [0.2, 0.25) is 0 Å². The maximum Gasteiger partial charge on any atom is 0.460 e. The van der Waals surface area contributed by atoms with Crippen LogP contribution in [0.5, 0.6) is 5.75 Å². The highest BCUT2D eigenvalue weighted by Crippen LogP contribution is 2.49. The zero-order valence-corrected chi connectivity index (χ0v) is 25.6. The van der Waals surface area contributed by atoms with Crippen molar-refractivity contribution in [3.05, 3.63) is 88.0 Å². The monoisotopic (exact) mass is 633 g/mol. The van der Waals surface area contributed by atoms with Gasteiger partial charge in [-0.05, 0) is 24.3 Å². The van der Waals surface area contributed by atoms with Crippen molar-refractivity contribution in [3.8, 4) is 5.75 Å². The van der Waals surface area contributed by atoms with Gasteiger partial charge >= 0.3 is 19.4 Å². The molecule has 238 valence electrons. The van der Waals surface area contributed by atoms with Crippen molar-refractivity contribution in [1.82, 2.24) is 14.6 Å². The van der Waals surface area contributed by atoms with Crippen molar-refractivity contribution < 1.29 is 37.4 Å². The number of esters is 1. The van der Waals surface area contributed by atoms with Gasteiger partial charge in [0, 0.05) is 11.8 Å². The predicted molar refractivity (Wildman–Crippen MR) is 161 cm³/mol. The van der Waals surface area contributed by atoms with Crippen molar-refractivity contribution >= 4 is 24.5 Å². The molecule has 6 atom stereocenters. The minimum atomic E-state index is -4.47. The average molecular weight is 634 g/mol. The lowest BCUT2D eigenvalue weighted by atomic mass is 10.1. The summed E-state index contributed by atoms with van der Waals surface area (Å²) in [6.45, 7) is 9.35. The largest absolute Gasteiger partial charge is 0.464 e. The van der Waals surface area contributed by atoms with Crippen molar-refractivity contribution in [1.29, 1.82) is 0 Å². The second-order valence-electron chi connectivity index (χ2n) is 10.5. The van der Waals surface area contributed by atoms with E-state index in [0.29, 0.717) is 11.6 Å². The summed E-state index contributed by atoms with van der Waals surface area (Å²) in [5.41, 5.74) is -2.14. The van der Waals surface area contributed by atoms with Gasteiger partial charge in [-0.3, -0.25) is 23.7 Å². The minimum Gasteiger partial charge on any atom is -0.464 e. The minimum absolute atomic E-state index is 0.170. The number of halogens is 1. The number of nitrogens with zero attached hydrogens (tertiary/aromatic N) is 1. The van der Waals surface area contributed by atoms with Gasteiger partial charge < -0.3 is 19.1 Å². The van der Waals surface area contributed by atoms with E-state index in [9.17, 15) is 28.4 Å². The summed E-state index contributed by atoms with van der Waals surface area (Å²) in [7, 11) is -4.47. The molecule has 1 saturated heterocycles. The van der Waals surface area contributed by atoms with Crippen LogP contribution < -0.4 is 20.9 Å². The van der Waals surface area contributed by atoms with Gasteiger partial charge in [0.1, 0.15) is 30.2 Å². The van der Waals surface area contributed by atoms with E-state index in [-0.39, 0.29) is 24.7 Å². The Balaban J connectivity index is 1.61. The van der Waals surface area contributed by atoms with Crippen LogP contribution in [0.3, 0.4) is 0 Å². The summed E-state index contributed by atoms with van der Waals surface area (Å²) in [5, 5.41) is 14.9. The van der Waals surface area contributed by atoms with E-state index in [1.54, 1.807) is 24.3 Å². The first kappa shape index (κ1) is 33.3. The molecular formula is C30H37FN3O9P.